The Morgan fingerprint density at radius 2 is 1.52 bits per heavy atom. The van der Waals surface area contributed by atoms with Crippen LogP contribution in [0.15, 0.2) is 64.8 Å². The lowest BCUT2D eigenvalue weighted by atomic mass is 10.1. The maximum atomic E-state index is 12.1. The average molecular weight is 342 g/mol. The summed E-state index contributed by atoms with van der Waals surface area (Å²) in [6.45, 7) is 1.33. The summed E-state index contributed by atoms with van der Waals surface area (Å²) in [6, 6.07) is 14.2. The second kappa shape index (κ2) is 8.67. The van der Waals surface area contributed by atoms with Crippen LogP contribution in [0.3, 0.4) is 0 Å². The van der Waals surface area contributed by atoms with Crippen molar-refractivity contribution in [2.45, 2.75) is 19.1 Å². The zero-order valence-electron chi connectivity index (χ0n) is 13.5. The van der Waals surface area contributed by atoms with Crippen molar-refractivity contribution in [3.8, 4) is 0 Å². The lowest BCUT2D eigenvalue weighted by Crippen LogP contribution is -2.51. The van der Waals surface area contributed by atoms with E-state index in [0.29, 0.717) is 11.4 Å². The smallest absolute Gasteiger partial charge is 0.268 e. The van der Waals surface area contributed by atoms with Gasteiger partial charge >= 0.3 is 0 Å². The number of nitrogens with zero attached hydrogens (tertiary/aromatic N) is 2. The molecule has 0 bridgehead atoms. The minimum atomic E-state index is -1.27. The van der Waals surface area contributed by atoms with Crippen LogP contribution >= 0.6 is 0 Å². The van der Waals surface area contributed by atoms with Gasteiger partial charge in [0.25, 0.3) is 11.8 Å². The van der Waals surface area contributed by atoms with Gasteiger partial charge in [-0.05, 0) is 43.3 Å². The van der Waals surface area contributed by atoms with Gasteiger partial charge in [0.1, 0.15) is 6.04 Å². The summed E-state index contributed by atoms with van der Waals surface area (Å²) < 4.78 is 0. The summed E-state index contributed by atoms with van der Waals surface area (Å²) in [5.41, 5.74) is 2.94. The SMILES string of the molecule is C[C@@H](O)[C@H](NC(=O)c1ccc(N=Nc2ccccc2)cc1)C(=O)NO. The van der Waals surface area contributed by atoms with Gasteiger partial charge in [0.2, 0.25) is 0 Å². The first-order chi connectivity index (χ1) is 12.0. The molecule has 0 aliphatic heterocycles. The number of hydrogen-bond acceptors (Lipinski definition) is 6. The molecule has 8 nitrogen and oxygen atoms in total. The summed E-state index contributed by atoms with van der Waals surface area (Å²) in [5, 5.41) is 28.6. The van der Waals surface area contributed by atoms with Crippen molar-refractivity contribution in [3.63, 3.8) is 0 Å². The molecule has 2 rings (SSSR count). The molecule has 0 saturated carbocycles. The molecule has 0 fully saturated rings. The predicted molar refractivity (Wildman–Crippen MR) is 89.9 cm³/mol. The Labute approximate surface area is 144 Å². The highest BCUT2D eigenvalue weighted by Crippen LogP contribution is 2.18. The van der Waals surface area contributed by atoms with Crippen molar-refractivity contribution in [1.82, 2.24) is 10.8 Å². The molecule has 2 aromatic rings. The summed E-state index contributed by atoms with van der Waals surface area (Å²) in [7, 11) is 0. The summed E-state index contributed by atoms with van der Waals surface area (Å²) >= 11 is 0. The van der Waals surface area contributed by atoms with E-state index in [9.17, 15) is 14.7 Å². The number of carbonyl (C=O) groups is 2. The zero-order valence-corrected chi connectivity index (χ0v) is 13.5. The van der Waals surface area contributed by atoms with Gasteiger partial charge in [-0.3, -0.25) is 14.8 Å². The summed E-state index contributed by atoms with van der Waals surface area (Å²) in [6.07, 6.45) is -1.17. The van der Waals surface area contributed by atoms with E-state index in [2.05, 4.69) is 15.5 Å². The molecule has 0 unspecified atom stereocenters. The fourth-order valence-corrected chi connectivity index (χ4v) is 1.99. The van der Waals surface area contributed by atoms with Crippen LogP contribution in [0.25, 0.3) is 0 Å². The number of hydrogen-bond donors (Lipinski definition) is 4. The molecule has 0 radical (unpaired) electrons. The van der Waals surface area contributed by atoms with Crippen molar-refractivity contribution >= 4 is 23.2 Å². The molecule has 0 spiro atoms. The normalized spacial score (nSPS) is 13.2. The van der Waals surface area contributed by atoms with Gasteiger partial charge in [0.15, 0.2) is 0 Å². The lowest BCUT2D eigenvalue weighted by molar-refractivity contribution is -0.133. The summed E-state index contributed by atoms with van der Waals surface area (Å²) in [4.78, 5) is 23.6. The van der Waals surface area contributed by atoms with E-state index in [-0.39, 0.29) is 5.56 Å². The van der Waals surface area contributed by atoms with Crippen molar-refractivity contribution in [2.24, 2.45) is 10.2 Å². The monoisotopic (exact) mass is 342 g/mol. The van der Waals surface area contributed by atoms with Gasteiger partial charge in [0.05, 0.1) is 17.5 Å². The largest absolute Gasteiger partial charge is 0.391 e. The highest BCUT2D eigenvalue weighted by atomic mass is 16.5. The predicted octanol–water partition coefficient (Wildman–Crippen LogP) is 2.09. The van der Waals surface area contributed by atoms with Crippen molar-refractivity contribution in [3.05, 3.63) is 60.2 Å². The van der Waals surface area contributed by atoms with Crippen LogP contribution in [-0.4, -0.2) is 34.3 Å². The molecule has 4 N–H and O–H groups in total. The van der Waals surface area contributed by atoms with E-state index in [0.717, 1.165) is 0 Å². The molecular formula is C17H18N4O4. The first-order valence-corrected chi connectivity index (χ1v) is 7.51. The van der Waals surface area contributed by atoms with Gasteiger partial charge < -0.3 is 10.4 Å². The molecule has 0 heterocycles. The molecule has 0 saturated heterocycles. The van der Waals surface area contributed by atoms with Gasteiger partial charge in [-0.2, -0.15) is 10.2 Å². The van der Waals surface area contributed by atoms with Crippen LogP contribution in [0, 0.1) is 0 Å². The van der Waals surface area contributed by atoms with Gasteiger partial charge in [-0.1, -0.05) is 18.2 Å². The third kappa shape index (κ3) is 5.20. The molecule has 2 atom stereocenters. The van der Waals surface area contributed by atoms with Gasteiger partial charge in [0, 0.05) is 5.56 Å². The third-order valence-electron chi connectivity index (χ3n) is 3.33. The molecule has 2 aromatic carbocycles. The van der Waals surface area contributed by atoms with E-state index < -0.39 is 24.0 Å². The minimum absolute atomic E-state index is 0.273. The average Bonchev–Trinajstić information content (AvgIpc) is 2.64. The Kier molecular flexibility index (Phi) is 6.33. The van der Waals surface area contributed by atoms with Crippen molar-refractivity contribution in [1.29, 1.82) is 0 Å². The quantitative estimate of drug-likeness (QED) is 0.364. The summed E-state index contributed by atoms with van der Waals surface area (Å²) in [5.74, 6) is -1.47. The van der Waals surface area contributed by atoms with Crippen molar-refractivity contribution in [2.75, 3.05) is 0 Å². The lowest BCUT2D eigenvalue weighted by Gasteiger charge is -2.19. The van der Waals surface area contributed by atoms with Gasteiger partial charge in [-0.25, -0.2) is 5.48 Å². The Bertz CT molecular complexity index is 745. The van der Waals surface area contributed by atoms with Crippen LogP contribution in [0.2, 0.25) is 0 Å². The fraction of sp³-hybridized carbons (Fsp3) is 0.176. The van der Waals surface area contributed by atoms with E-state index in [1.54, 1.807) is 12.1 Å². The second-order valence-electron chi connectivity index (χ2n) is 5.25. The number of aliphatic hydroxyl groups is 1. The van der Waals surface area contributed by atoms with Crippen LogP contribution in [0.1, 0.15) is 17.3 Å². The number of benzene rings is 2. The molecule has 130 valence electrons. The fourth-order valence-electron chi connectivity index (χ4n) is 1.99. The third-order valence-corrected chi connectivity index (χ3v) is 3.33. The number of amides is 2. The van der Waals surface area contributed by atoms with Crippen LogP contribution in [0.5, 0.6) is 0 Å². The van der Waals surface area contributed by atoms with Crippen LogP contribution in [-0.2, 0) is 4.79 Å². The van der Waals surface area contributed by atoms with E-state index in [1.165, 1.54) is 24.5 Å². The number of nitrogens with one attached hydrogen (secondary N) is 2. The molecule has 0 aliphatic rings. The first-order valence-electron chi connectivity index (χ1n) is 7.51. The van der Waals surface area contributed by atoms with Gasteiger partial charge in [-0.15, -0.1) is 0 Å². The molecular weight excluding hydrogens is 324 g/mol. The number of carbonyl (C=O) groups excluding carboxylic acids is 2. The Hall–Kier alpha value is -3.10. The Balaban J connectivity index is 2.04. The van der Waals surface area contributed by atoms with E-state index in [1.807, 2.05) is 30.3 Å². The second-order valence-corrected chi connectivity index (χ2v) is 5.25. The first kappa shape index (κ1) is 18.2. The van der Waals surface area contributed by atoms with E-state index in [4.69, 9.17) is 5.21 Å². The zero-order chi connectivity index (χ0) is 18.2. The molecule has 0 aliphatic carbocycles. The molecule has 2 amide bonds. The topological polar surface area (TPSA) is 123 Å². The number of azo groups is 1. The van der Waals surface area contributed by atoms with Crippen LogP contribution < -0.4 is 10.8 Å². The molecule has 8 heteroatoms. The molecule has 0 aromatic heterocycles. The Morgan fingerprint density at radius 1 is 0.960 bits per heavy atom. The van der Waals surface area contributed by atoms with Crippen LogP contribution in [0.4, 0.5) is 11.4 Å². The number of rotatable bonds is 6. The highest BCUT2D eigenvalue weighted by Gasteiger charge is 2.25. The number of hydroxylamine groups is 1. The standard InChI is InChI=1S/C17H18N4O4/c1-11(22)15(17(24)21-25)18-16(23)12-7-9-14(10-8-12)20-19-13-5-3-2-4-6-13/h2-11,15,22,25H,1H3,(H,18,23)(H,21,24)/t11-,15+/m1/s1. The Morgan fingerprint density at radius 3 is 2.04 bits per heavy atom. The highest BCUT2D eigenvalue weighted by molar-refractivity contribution is 5.97. The minimum Gasteiger partial charge on any atom is -0.391 e. The van der Waals surface area contributed by atoms with Crippen molar-refractivity contribution < 1.29 is 19.9 Å². The number of aliphatic hydroxyl groups excluding tert-OH is 1. The maximum Gasteiger partial charge on any atom is 0.268 e. The maximum absolute atomic E-state index is 12.1. The molecule has 25 heavy (non-hydrogen) atoms. The van der Waals surface area contributed by atoms with E-state index >= 15 is 0 Å².